The fourth-order valence-electron chi connectivity index (χ4n) is 4.51. The Morgan fingerprint density at radius 3 is 2.54 bits per heavy atom. The van der Waals surface area contributed by atoms with Crippen LogP contribution in [0.3, 0.4) is 0 Å². The van der Waals surface area contributed by atoms with Crippen molar-refractivity contribution in [3.63, 3.8) is 0 Å². The van der Waals surface area contributed by atoms with Crippen molar-refractivity contribution in [3.05, 3.63) is 70.7 Å². The van der Waals surface area contributed by atoms with Gasteiger partial charge in [0.1, 0.15) is 5.69 Å². The number of nitrogens with zero attached hydrogens (tertiary/aromatic N) is 2. The van der Waals surface area contributed by atoms with Crippen LogP contribution in [0.2, 0.25) is 0 Å². The van der Waals surface area contributed by atoms with Gasteiger partial charge in [-0.25, -0.2) is 4.98 Å². The van der Waals surface area contributed by atoms with Crippen molar-refractivity contribution < 1.29 is 14.3 Å². The first-order valence-electron chi connectivity index (χ1n) is 12.3. The van der Waals surface area contributed by atoms with Crippen LogP contribution in [-0.2, 0) is 9.53 Å². The highest BCUT2D eigenvalue weighted by Gasteiger charge is 2.24. The van der Waals surface area contributed by atoms with Gasteiger partial charge >= 0.3 is 5.97 Å². The molecule has 184 valence electrons. The Kier molecular flexibility index (Phi) is 9.03. The number of likely N-dealkylation sites (tertiary alicyclic amines) is 1. The van der Waals surface area contributed by atoms with Crippen molar-refractivity contribution in [3.8, 4) is 11.1 Å². The zero-order chi connectivity index (χ0) is 24.5. The van der Waals surface area contributed by atoms with Gasteiger partial charge in [0.2, 0.25) is 0 Å². The van der Waals surface area contributed by atoms with E-state index in [0.29, 0.717) is 18.0 Å². The topological polar surface area (TPSA) is 71.5 Å². The molecular weight excluding hydrogens is 458 g/mol. The van der Waals surface area contributed by atoms with Crippen LogP contribution >= 0.6 is 11.3 Å². The number of thiazole rings is 1. The van der Waals surface area contributed by atoms with Crippen LogP contribution in [0.25, 0.3) is 11.1 Å². The van der Waals surface area contributed by atoms with Crippen molar-refractivity contribution in [1.29, 1.82) is 0 Å². The van der Waals surface area contributed by atoms with Gasteiger partial charge in [-0.2, -0.15) is 0 Å². The first-order chi connectivity index (χ1) is 17.1. The molecule has 4 rings (SSSR count). The molecule has 1 aliphatic rings. The highest BCUT2D eigenvalue weighted by molar-refractivity contribution is 7.10. The van der Waals surface area contributed by atoms with Crippen molar-refractivity contribution >= 4 is 28.9 Å². The molecule has 1 saturated heterocycles. The zero-order valence-corrected chi connectivity index (χ0v) is 21.1. The summed E-state index contributed by atoms with van der Waals surface area (Å²) in [6, 6.07) is 17.9. The van der Waals surface area contributed by atoms with Gasteiger partial charge in [-0.3, -0.25) is 9.59 Å². The highest BCUT2D eigenvalue weighted by atomic mass is 32.1. The summed E-state index contributed by atoms with van der Waals surface area (Å²) in [4.78, 5) is 31.4. The molecule has 0 bridgehead atoms. The van der Waals surface area contributed by atoms with Gasteiger partial charge in [-0.05, 0) is 56.9 Å². The Morgan fingerprint density at radius 2 is 1.77 bits per heavy atom. The normalized spacial score (nSPS) is 14.5. The van der Waals surface area contributed by atoms with Crippen molar-refractivity contribution in [2.75, 3.05) is 32.1 Å². The quantitative estimate of drug-likeness (QED) is 0.279. The van der Waals surface area contributed by atoms with Crippen molar-refractivity contribution in [2.45, 2.75) is 44.4 Å². The predicted molar refractivity (Wildman–Crippen MR) is 141 cm³/mol. The summed E-state index contributed by atoms with van der Waals surface area (Å²) < 4.78 is 4.69. The number of carbonyl (C=O) groups excluding carboxylic acids is 2. The molecule has 6 nitrogen and oxygen atoms in total. The van der Waals surface area contributed by atoms with E-state index in [0.717, 1.165) is 73.6 Å². The SMILES string of the molecule is COC(=O)CCCCCN1CCC(c2nc(C(=O)Nc3ccccc3-c3ccccc3)cs2)CC1. The molecule has 0 atom stereocenters. The number of para-hydroxylation sites is 1. The standard InChI is InChI=1S/C28H33N3O3S/c1-34-26(32)14-6-3-9-17-31-18-15-22(16-19-31)28-30-25(20-35-28)27(33)29-24-13-8-7-12-23(24)21-10-4-2-5-11-21/h2,4-5,7-8,10-13,20,22H,3,6,9,14-19H2,1H3,(H,29,33). The number of anilines is 1. The number of piperidine rings is 1. The summed E-state index contributed by atoms with van der Waals surface area (Å²) in [5, 5.41) is 6.00. The van der Waals surface area contributed by atoms with Gasteiger partial charge in [0.15, 0.2) is 0 Å². The molecule has 1 N–H and O–H groups in total. The number of amides is 1. The van der Waals surface area contributed by atoms with Crippen molar-refractivity contribution in [2.24, 2.45) is 0 Å². The van der Waals surface area contributed by atoms with Gasteiger partial charge in [-0.1, -0.05) is 55.0 Å². The first kappa shape index (κ1) is 25.1. The second-order valence-electron chi connectivity index (χ2n) is 8.94. The third-order valence-corrected chi connectivity index (χ3v) is 7.54. The van der Waals surface area contributed by atoms with E-state index in [2.05, 4.69) is 10.2 Å². The molecule has 2 heterocycles. The lowest BCUT2D eigenvalue weighted by Gasteiger charge is -2.31. The number of rotatable bonds is 10. The van der Waals surface area contributed by atoms with E-state index in [9.17, 15) is 9.59 Å². The van der Waals surface area contributed by atoms with Gasteiger partial charge < -0.3 is 15.0 Å². The highest BCUT2D eigenvalue weighted by Crippen LogP contribution is 2.31. The van der Waals surface area contributed by atoms with E-state index >= 15 is 0 Å². The monoisotopic (exact) mass is 491 g/mol. The molecule has 3 aromatic rings. The number of ether oxygens (including phenoxy) is 1. The van der Waals surface area contributed by atoms with Crippen LogP contribution in [0.1, 0.15) is 59.9 Å². The van der Waals surface area contributed by atoms with Crippen LogP contribution in [0, 0.1) is 0 Å². The number of carbonyl (C=O) groups is 2. The Bertz CT molecular complexity index is 1110. The van der Waals surface area contributed by atoms with E-state index < -0.39 is 0 Å². The number of benzene rings is 2. The predicted octanol–water partition coefficient (Wildman–Crippen LogP) is 5.98. The molecule has 1 aliphatic heterocycles. The molecule has 1 amide bonds. The number of nitrogens with one attached hydrogen (secondary N) is 1. The average Bonchev–Trinajstić information content (AvgIpc) is 3.40. The second-order valence-corrected chi connectivity index (χ2v) is 9.83. The molecular formula is C28H33N3O3S. The van der Waals surface area contributed by atoms with Gasteiger partial charge in [0.25, 0.3) is 5.91 Å². The maximum Gasteiger partial charge on any atom is 0.305 e. The number of hydrogen-bond donors (Lipinski definition) is 1. The number of hydrogen-bond acceptors (Lipinski definition) is 6. The molecule has 0 saturated carbocycles. The van der Waals surface area contributed by atoms with Crippen LogP contribution in [0.5, 0.6) is 0 Å². The number of unbranched alkanes of at least 4 members (excludes halogenated alkanes) is 2. The third kappa shape index (κ3) is 6.99. The largest absolute Gasteiger partial charge is 0.469 e. The van der Waals surface area contributed by atoms with Crippen LogP contribution in [0.15, 0.2) is 60.0 Å². The zero-order valence-electron chi connectivity index (χ0n) is 20.2. The van der Waals surface area contributed by atoms with Gasteiger partial charge in [-0.15, -0.1) is 11.3 Å². The lowest BCUT2D eigenvalue weighted by molar-refractivity contribution is -0.140. The molecule has 1 fully saturated rings. The molecule has 7 heteroatoms. The average molecular weight is 492 g/mol. The van der Waals surface area contributed by atoms with E-state index in [4.69, 9.17) is 9.72 Å². The fourth-order valence-corrected chi connectivity index (χ4v) is 5.49. The molecule has 0 spiro atoms. The summed E-state index contributed by atoms with van der Waals surface area (Å²) in [5.74, 6) is 0.122. The molecule has 2 aromatic carbocycles. The van der Waals surface area contributed by atoms with Crippen LogP contribution in [0.4, 0.5) is 5.69 Å². The minimum absolute atomic E-state index is 0.122. The van der Waals surface area contributed by atoms with E-state index in [1.807, 2.05) is 60.0 Å². The summed E-state index contributed by atoms with van der Waals surface area (Å²) in [7, 11) is 1.44. The van der Waals surface area contributed by atoms with Gasteiger partial charge in [0, 0.05) is 29.0 Å². The Hall–Kier alpha value is -3.03. The molecule has 0 radical (unpaired) electrons. The fraction of sp³-hybridized carbons (Fsp3) is 0.393. The van der Waals surface area contributed by atoms with Crippen LogP contribution < -0.4 is 5.32 Å². The minimum Gasteiger partial charge on any atom is -0.469 e. The Labute approximate surface area is 211 Å². The second kappa shape index (κ2) is 12.6. The van der Waals surface area contributed by atoms with E-state index in [-0.39, 0.29) is 11.9 Å². The Balaban J connectivity index is 1.27. The lowest BCUT2D eigenvalue weighted by atomic mass is 9.97. The summed E-state index contributed by atoms with van der Waals surface area (Å²) in [5.41, 5.74) is 3.34. The molecule has 35 heavy (non-hydrogen) atoms. The molecule has 0 unspecified atom stereocenters. The van der Waals surface area contributed by atoms with E-state index in [1.165, 1.54) is 7.11 Å². The Morgan fingerprint density at radius 1 is 1.03 bits per heavy atom. The smallest absolute Gasteiger partial charge is 0.305 e. The summed E-state index contributed by atoms with van der Waals surface area (Å²) >= 11 is 1.59. The van der Waals surface area contributed by atoms with E-state index in [1.54, 1.807) is 11.3 Å². The maximum absolute atomic E-state index is 13.0. The summed E-state index contributed by atoms with van der Waals surface area (Å²) in [6.07, 6.45) is 5.68. The number of esters is 1. The maximum atomic E-state index is 13.0. The van der Waals surface area contributed by atoms with Gasteiger partial charge in [0.05, 0.1) is 12.1 Å². The van der Waals surface area contributed by atoms with Crippen LogP contribution in [-0.4, -0.2) is 48.5 Å². The lowest BCUT2D eigenvalue weighted by Crippen LogP contribution is -2.33. The third-order valence-electron chi connectivity index (χ3n) is 6.53. The number of aromatic nitrogens is 1. The first-order valence-corrected chi connectivity index (χ1v) is 13.2. The summed E-state index contributed by atoms with van der Waals surface area (Å²) in [6.45, 7) is 3.17. The van der Waals surface area contributed by atoms with Crippen molar-refractivity contribution in [1.82, 2.24) is 9.88 Å². The number of methoxy groups -OCH3 is 1. The molecule has 0 aliphatic carbocycles. The molecule has 1 aromatic heterocycles. The minimum atomic E-state index is -0.166.